The van der Waals surface area contributed by atoms with Gasteiger partial charge in [0.15, 0.2) is 5.82 Å². The monoisotopic (exact) mass is 301 g/mol. The van der Waals surface area contributed by atoms with E-state index in [1.54, 1.807) is 23.2 Å². The quantitative estimate of drug-likeness (QED) is 0.922. The van der Waals surface area contributed by atoms with Gasteiger partial charge >= 0.3 is 0 Å². The minimum Gasteiger partial charge on any atom is -0.366 e. The molecule has 7 nitrogen and oxygen atoms in total. The van der Waals surface area contributed by atoms with Crippen LogP contribution in [0.2, 0.25) is 0 Å². The van der Waals surface area contributed by atoms with Crippen molar-refractivity contribution in [2.75, 3.05) is 19.7 Å². The first-order valence-electron chi connectivity index (χ1n) is 7.51. The van der Waals surface area contributed by atoms with Gasteiger partial charge in [0.1, 0.15) is 17.6 Å². The molecule has 0 saturated carbocycles. The van der Waals surface area contributed by atoms with E-state index >= 15 is 0 Å². The highest BCUT2D eigenvalue weighted by atomic mass is 16.5. The van der Waals surface area contributed by atoms with E-state index in [4.69, 9.17) is 4.74 Å². The maximum Gasteiger partial charge on any atom is 0.272 e. The van der Waals surface area contributed by atoms with Crippen LogP contribution in [-0.4, -0.2) is 50.7 Å². The molecule has 2 aromatic rings. The third-order valence-electron chi connectivity index (χ3n) is 3.56. The molecule has 0 unspecified atom stereocenters. The molecule has 7 heteroatoms. The minimum atomic E-state index is -0.289. The number of morpholine rings is 1. The van der Waals surface area contributed by atoms with Crippen molar-refractivity contribution in [2.24, 2.45) is 0 Å². The molecule has 0 aromatic carbocycles. The van der Waals surface area contributed by atoms with Gasteiger partial charge in [0.2, 0.25) is 0 Å². The van der Waals surface area contributed by atoms with E-state index in [9.17, 15) is 4.79 Å². The van der Waals surface area contributed by atoms with Gasteiger partial charge in [0, 0.05) is 19.2 Å². The second-order valence-electron chi connectivity index (χ2n) is 5.22. The highest BCUT2D eigenvalue weighted by Gasteiger charge is 2.29. The number of nitrogens with zero attached hydrogens (tertiary/aromatic N) is 4. The summed E-state index contributed by atoms with van der Waals surface area (Å²) in [6.07, 6.45) is 3.20. The average Bonchev–Trinajstić information content (AvgIpc) is 3.04. The number of carbonyl (C=O) groups excluding carboxylic acids is 1. The Balaban J connectivity index is 1.69. The van der Waals surface area contributed by atoms with Gasteiger partial charge < -0.3 is 9.64 Å². The molecule has 22 heavy (non-hydrogen) atoms. The number of pyridine rings is 1. The van der Waals surface area contributed by atoms with Crippen LogP contribution in [0, 0.1) is 0 Å². The number of nitrogens with one attached hydrogen (secondary N) is 1. The fraction of sp³-hybridized carbons (Fsp3) is 0.467. The first-order valence-corrected chi connectivity index (χ1v) is 7.51. The van der Waals surface area contributed by atoms with E-state index in [0.717, 1.165) is 18.7 Å². The van der Waals surface area contributed by atoms with Crippen LogP contribution in [-0.2, 0) is 11.2 Å². The molecule has 2 aromatic heterocycles. The lowest BCUT2D eigenvalue weighted by Crippen LogP contribution is -2.42. The Hall–Kier alpha value is -2.28. The van der Waals surface area contributed by atoms with Crippen LogP contribution in [0.4, 0.5) is 0 Å². The van der Waals surface area contributed by atoms with E-state index in [1.807, 2.05) is 6.07 Å². The minimum absolute atomic E-state index is 0.0850. The topological polar surface area (TPSA) is 84.0 Å². The fourth-order valence-electron chi connectivity index (χ4n) is 2.44. The summed E-state index contributed by atoms with van der Waals surface area (Å²) >= 11 is 0. The number of H-pyrrole nitrogens is 1. The van der Waals surface area contributed by atoms with Gasteiger partial charge in [0.25, 0.3) is 5.91 Å². The SMILES string of the molecule is CCCc1nc([C@@H]2CN(C(=O)c3ccccn3)CCO2)n[nH]1. The van der Waals surface area contributed by atoms with Crippen LogP contribution in [0.3, 0.4) is 0 Å². The number of ether oxygens (including phenoxy) is 1. The highest BCUT2D eigenvalue weighted by molar-refractivity contribution is 5.92. The molecular weight excluding hydrogens is 282 g/mol. The molecule has 0 bridgehead atoms. The second-order valence-corrected chi connectivity index (χ2v) is 5.22. The summed E-state index contributed by atoms with van der Waals surface area (Å²) in [5.74, 6) is 1.38. The van der Waals surface area contributed by atoms with E-state index in [0.29, 0.717) is 31.2 Å². The standard InChI is InChI=1S/C15H19N5O2/c1-2-5-13-17-14(19-18-13)12-10-20(8-9-22-12)15(21)11-6-3-4-7-16-11/h3-4,6-7,12H,2,5,8-10H2,1H3,(H,17,18,19)/t12-/m0/s1. The third kappa shape index (κ3) is 3.14. The van der Waals surface area contributed by atoms with Gasteiger partial charge in [-0.15, -0.1) is 0 Å². The predicted octanol–water partition coefficient (Wildman–Crippen LogP) is 1.37. The molecule has 1 aliphatic heterocycles. The number of hydrogen-bond donors (Lipinski definition) is 1. The van der Waals surface area contributed by atoms with Gasteiger partial charge in [-0.05, 0) is 18.6 Å². The van der Waals surface area contributed by atoms with Crippen LogP contribution >= 0.6 is 0 Å². The van der Waals surface area contributed by atoms with E-state index < -0.39 is 0 Å². The Labute approximate surface area is 128 Å². The van der Waals surface area contributed by atoms with Crippen molar-refractivity contribution in [3.05, 3.63) is 41.7 Å². The Morgan fingerprint density at radius 3 is 3.18 bits per heavy atom. The molecule has 1 amide bonds. The maximum absolute atomic E-state index is 12.4. The van der Waals surface area contributed by atoms with Crippen molar-refractivity contribution < 1.29 is 9.53 Å². The molecule has 1 fully saturated rings. The molecular formula is C15H19N5O2. The number of carbonyl (C=O) groups is 1. The van der Waals surface area contributed by atoms with Crippen molar-refractivity contribution in [1.82, 2.24) is 25.1 Å². The average molecular weight is 301 g/mol. The van der Waals surface area contributed by atoms with Crippen molar-refractivity contribution in [3.8, 4) is 0 Å². The molecule has 0 radical (unpaired) electrons. The van der Waals surface area contributed by atoms with Crippen LogP contribution < -0.4 is 0 Å². The van der Waals surface area contributed by atoms with Gasteiger partial charge in [-0.1, -0.05) is 13.0 Å². The molecule has 0 aliphatic carbocycles. The molecule has 1 atom stereocenters. The van der Waals surface area contributed by atoms with Crippen LogP contribution in [0.15, 0.2) is 24.4 Å². The Kier molecular flexibility index (Phi) is 4.43. The summed E-state index contributed by atoms with van der Waals surface area (Å²) in [6, 6.07) is 5.32. The molecule has 0 spiro atoms. The summed E-state index contributed by atoms with van der Waals surface area (Å²) in [7, 11) is 0. The second kappa shape index (κ2) is 6.65. The Morgan fingerprint density at radius 2 is 2.41 bits per heavy atom. The van der Waals surface area contributed by atoms with E-state index in [1.165, 1.54) is 0 Å². The number of aromatic amines is 1. The maximum atomic E-state index is 12.4. The lowest BCUT2D eigenvalue weighted by atomic mass is 10.2. The lowest BCUT2D eigenvalue weighted by Gasteiger charge is -2.31. The number of aromatic nitrogens is 4. The van der Waals surface area contributed by atoms with Crippen LogP contribution in [0.25, 0.3) is 0 Å². The number of rotatable bonds is 4. The third-order valence-corrected chi connectivity index (χ3v) is 3.56. The van der Waals surface area contributed by atoms with Gasteiger partial charge in [-0.25, -0.2) is 4.98 Å². The predicted molar refractivity (Wildman–Crippen MR) is 79.2 cm³/mol. The summed E-state index contributed by atoms with van der Waals surface area (Å²) in [5.41, 5.74) is 0.449. The van der Waals surface area contributed by atoms with Crippen molar-refractivity contribution in [1.29, 1.82) is 0 Å². The van der Waals surface area contributed by atoms with Gasteiger partial charge in [-0.3, -0.25) is 14.9 Å². The first kappa shape index (κ1) is 14.6. The largest absolute Gasteiger partial charge is 0.366 e. The molecule has 1 N–H and O–H groups in total. The molecule has 3 rings (SSSR count). The summed E-state index contributed by atoms with van der Waals surface area (Å²) < 4.78 is 5.71. The zero-order chi connectivity index (χ0) is 15.4. The van der Waals surface area contributed by atoms with Crippen LogP contribution in [0.5, 0.6) is 0 Å². The molecule has 3 heterocycles. The number of hydrogen-bond acceptors (Lipinski definition) is 5. The molecule has 1 saturated heterocycles. The smallest absolute Gasteiger partial charge is 0.272 e. The lowest BCUT2D eigenvalue weighted by molar-refractivity contribution is -0.0268. The van der Waals surface area contributed by atoms with Crippen molar-refractivity contribution in [2.45, 2.75) is 25.9 Å². The van der Waals surface area contributed by atoms with Crippen LogP contribution in [0.1, 0.15) is 41.6 Å². The highest BCUT2D eigenvalue weighted by Crippen LogP contribution is 2.20. The van der Waals surface area contributed by atoms with Crippen molar-refractivity contribution >= 4 is 5.91 Å². The zero-order valence-electron chi connectivity index (χ0n) is 12.5. The van der Waals surface area contributed by atoms with Crippen molar-refractivity contribution in [3.63, 3.8) is 0 Å². The number of aryl methyl sites for hydroxylation is 1. The molecule has 116 valence electrons. The Morgan fingerprint density at radius 1 is 1.50 bits per heavy atom. The summed E-state index contributed by atoms with van der Waals surface area (Å²) in [6.45, 7) is 3.56. The summed E-state index contributed by atoms with van der Waals surface area (Å²) in [4.78, 5) is 22.7. The Bertz CT molecular complexity index is 628. The summed E-state index contributed by atoms with van der Waals surface area (Å²) in [5, 5.41) is 7.13. The van der Waals surface area contributed by atoms with E-state index in [-0.39, 0.29) is 12.0 Å². The fourth-order valence-corrected chi connectivity index (χ4v) is 2.44. The first-order chi connectivity index (χ1) is 10.8. The van der Waals surface area contributed by atoms with Gasteiger partial charge in [-0.2, -0.15) is 5.10 Å². The zero-order valence-corrected chi connectivity index (χ0v) is 12.5. The number of amides is 1. The van der Waals surface area contributed by atoms with Gasteiger partial charge in [0.05, 0.1) is 13.2 Å². The molecule has 1 aliphatic rings. The van der Waals surface area contributed by atoms with E-state index in [2.05, 4.69) is 27.1 Å². The normalized spacial score (nSPS) is 18.4.